The SMILES string of the molecule is O=C1O[C@@]2(C(=O)C=C[C@@H]3[C@@H]2[C@H]2C=C[C@@H]3C(=O)[C@@]23OC(=O)C(I)=C3c2ccccc2)C(c2ccccc2)=C1I. The number of ketones is 2. The van der Waals surface area contributed by atoms with Gasteiger partial charge >= 0.3 is 11.9 Å². The van der Waals surface area contributed by atoms with Crippen molar-refractivity contribution in [1.82, 2.24) is 0 Å². The second-order valence-electron chi connectivity index (χ2n) is 9.99. The number of rotatable bonds is 2. The van der Waals surface area contributed by atoms with Gasteiger partial charge in [-0.2, -0.15) is 0 Å². The second-order valence-corrected chi connectivity index (χ2v) is 12.1. The summed E-state index contributed by atoms with van der Waals surface area (Å²) in [6.45, 7) is 0. The van der Waals surface area contributed by atoms with Crippen LogP contribution in [0.2, 0.25) is 0 Å². The topological polar surface area (TPSA) is 86.7 Å². The highest BCUT2D eigenvalue weighted by atomic mass is 127. The molecule has 2 aromatic rings. The van der Waals surface area contributed by atoms with Crippen molar-refractivity contribution in [2.45, 2.75) is 11.2 Å². The number of carbonyl (C=O) groups is 4. The van der Waals surface area contributed by atoms with E-state index < -0.39 is 46.8 Å². The molecule has 2 heterocycles. The Kier molecular flexibility index (Phi) is 5.30. The van der Waals surface area contributed by atoms with E-state index in [1.807, 2.05) is 118 Å². The molecule has 6 aliphatic rings. The van der Waals surface area contributed by atoms with Gasteiger partial charge in [-0.05, 0) is 68.3 Å². The van der Waals surface area contributed by atoms with Gasteiger partial charge in [-0.25, -0.2) is 9.59 Å². The van der Waals surface area contributed by atoms with Crippen molar-refractivity contribution in [2.75, 3.05) is 0 Å². The summed E-state index contributed by atoms with van der Waals surface area (Å²) in [5.74, 6) is -4.19. The molecule has 2 aliphatic heterocycles. The number of hydrogen-bond acceptors (Lipinski definition) is 6. The van der Waals surface area contributed by atoms with E-state index in [0.717, 1.165) is 0 Å². The molecule has 188 valence electrons. The molecule has 6 atom stereocenters. The lowest BCUT2D eigenvalue weighted by atomic mass is 9.47. The van der Waals surface area contributed by atoms with Crippen molar-refractivity contribution in [3.8, 4) is 0 Å². The molecule has 6 nitrogen and oxygen atoms in total. The third-order valence-electron chi connectivity index (χ3n) is 8.36. The van der Waals surface area contributed by atoms with Crippen molar-refractivity contribution in [1.29, 1.82) is 0 Å². The standard InChI is InChI=1S/C30H18I2O6/c31-24-21(15-7-3-1-4-8-15)29(37-27(24)35)19-13-11-18(26(29)34)17-12-14-20(33)30(23(17)19)22(25(32)28(36)38-30)16-9-5-2-6-10-16/h1-14,17-19,23H/t17-,18-,19+,23+,29+,30-/m0/s1. The van der Waals surface area contributed by atoms with E-state index in [9.17, 15) is 19.2 Å². The van der Waals surface area contributed by atoms with Crippen molar-refractivity contribution < 1.29 is 28.7 Å². The number of carbonyl (C=O) groups excluding carboxylic acids is 4. The molecule has 0 radical (unpaired) electrons. The van der Waals surface area contributed by atoms with E-state index in [2.05, 4.69) is 0 Å². The van der Waals surface area contributed by atoms with Crippen LogP contribution in [0.1, 0.15) is 11.1 Å². The zero-order valence-corrected chi connectivity index (χ0v) is 23.9. The maximum absolute atomic E-state index is 14.3. The van der Waals surface area contributed by atoms with Crippen LogP contribution in [0.3, 0.4) is 0 Å². The zero-order valence-electron chi connectivity index (χ0n) is 19.6. The summed E-state index contributed by atoms with van der Waals surface area (Å²) < 4.78 is 12.9. The number of esters is 2. The molecule has 0 saturated heterocycles. The van der Waals surface area contributed by atoms with Crippen LogP contribution < -0.4 is 0 Å². The smallest absolute Gasteiger partial charge is 0.346 e. The fraction of sp³-hybridized carbons (Fsp3) is 0.200. The average molecular weight is 728 g/mol. The Morgan fingerprint density at radius 1 is 0.658 bits per heavy atom. The van der Waals surface area contributed by atoms with E-state index in [4.69, 9.17) is 9.47 Å². The molecule has 0 N–H and O–H groups in total. The minimum atomic E-state index is -1.65. The molecular formula is C30H18I2O6. The summed E-state index contributed by atoms with van der Waals surface area (Å²) in [5.41, 5.74) is -0.868. The molecule has 0 aromatic heterocycles. The number of halogens is 2. The van der Waals surface area contributed by atoms with Crippen LogP contribution in [0, 0.1) is 23.7 Å². The predicted octanol–water partition coefficient (Wildman–Crippen LogP) is 5.03. The summed E-state index contributed by atoms with van der Waals surface area (Å²) in [5, 5.41) is 0. The lowest BCUT2D eigenvalue weighted by molar-refractivity contribution is -0.182. The van der Waals surface area contributed by atoms with Crippen LogP contribution in [0.4, 0.5) is 0 Å². The fourth-order valence-corrected chi connectivity index (χ4v) is 8.63. The van der Waals surface area contributed by atoms with E-state index >= 15 is 0 Å². The highest BCUT2D eigenvalue weighted by Gasteiger charge is 2.74. The van der Waals surface area contributed by atoms with Crippen molar-refractivity contribution >= 4 is 79.8 Å². The van der Waals surface area contributed by atoms with Crippen molar-refractivity contribution in [3.05, 3.63) is 103 Å². The molecule has 2 bridgehead atoms. The molecule has 0 unspecified atom stereocenters. The monoisotopic (exact) mass is 728 g/mol. The molecule has 8 heteroatoms. The number of benzene rings is 2. The van der Waals surface area contributed by atoms with E-state index in [-0.39, 0.29) is 11.6 Å². The van der Waals surface area contributed by atoms with Gasteiger partial charge in [-0.15, -0.1) is 0 Å². The molecule has 38 heavy (non-hydrogen) atoms. The Morgan fingerprint density at radius 2 is 1.18 bits per heavy atom. The van der Waals surface area contributed by atoms with Gasteiger partial charge in [0.05, 0.1) is 0 Å². The largest absolute Gasteiger partial charge is 0.441 e. The highest BCUT2D eigenvalue weighted by molar-refractivity contribution is 14.1. The van der Waals surface area contributed by atoms with E-state index in [0.29, 0.717) is 29.4 Å². The highest BCUT2D eigenvalue weighted by Crippen LogP contribution is 2.65. The molecule has 2 spiro atoms. The maximum atomic E-state index is 14.3. The quantitative estimate of drug-likeness (QED) is 0.245. The Balaban J connectivity index is 1.50. The van der Waals surface area contributed by atoms with Crippen molar-refractivity contribution in [3.63, 3.8) is 0 Å². The third-order valence-corrected chi connectivity index (χ3v) is 10.3. The summed E-state index contributed by atoms with van der Waals surface area (Å²) in [6, 6.07) is 18.5. The molecule has 0 amide bonds. The molecule has 2 aromatic carbocycles. The van der Waals surface area contributed by atoms with Gasteiger partial charge in [-0.3, -0.25) is 9.59 Å². The normalized spacial score (nSPS) is 35.0. The first kappa shape index (κ1) is 24.2. The molecule has 8 rings (SSSR count). The second kappa shape index (κ2) is 8.32. The Bertz CT molecular complexity index is 1590. The summed E-state index contributed by atoms with van der Waals surface area (Å²) in [6.07, 6.45) is 6.94. The van der Waals surface area contributed by atoms with Crippen LogP contribution >= 0.6 is 45.2 Å². The van der Waals surface area contributed by atoms with Crippen molar-refractivity contribution in [2.24, 2.45) is 23.7 Å². The van der Waals surface area contributed by atoms with Crippen LogP contribution in [0.25, 0.3) is 11.1 Å². The number of ether oxygens (including phenoxy) is 2. The summed E-state index contributed by atoms with van der Waals surface area (Å²) in [7, 11) is 0. The van der Waals surface area contributed by atoms with Crippen LogP contribution in [-0.4, -0.2) is 34.7 Å². The minimum absolute atomic E-state index is 0.219. The first-order valence-electron chi connectivity index (χ1n) is 12.2. The molecule has 1 fully saturated rings. The maximum Gasteiger partial charge on any atom is 0.346 e. The average Bonchev–Trinajstić information content (AvgIpc) is 3.35. The lowest BCUT2D eigenvalue weighted by Gasteiger charge is -2.57. The molecular weight excluding hydrogens is 710 g/mol. The number of hydrogen-bond donors (Lipinski definition) is 0. The third kappa shape index (κ3) is 2.87. The van der Waals surface area contributed by atoms with Gasteiger partial charge in [0.2, 0.25) is 17.0 Å². The molecule has 1 saturated carbocycles. The van der Waals surface area contributed by atoms with E-state index in [1.165, 1.54) is 6.08 Å². The predicted molar refractivity (Wildman–Crippen MR) is 155 cm³/mol. The van der Waals surface area contributed by atoms with Gasteiger partial charge in [0.15, 0.2) is 5.78 Å². The fourth-order valence-electron chi connectivity index (χ4n) is 6.99. The number of allylic oxidation sites excluding steroid dienone is 2. The number of Topliss-reactive ketones (excluding diaryl/α,β-unsaturated/α-hetero) is 1. The van der Waals surface area contributed by atoms with Gasteiger partial charge in [-0.1, -0.05) is 78.9 Å². The van der Waals surface area contributed by atoms with Crippen LogP contribution in [-0.2, 0) is 28.7 Å². The summed E-state index contributed by atoms with van der Waals surface area (Å²) in [4.78, 5) is 54.6. The van der Waals surface area contributed by atoms with Crippen LogP contribution in [0.5, 0.6) is 0 Å². The van der Waals surface area contributed by atoms with Gasteiger partial charge < -0.3 is 9.47 Å². The van der Waals surface area contributed by atoms with E-state index in [1.54, 1.807) is 6.08 Å². The van der Waals surface area contributed by atoms with Gasteiger partial charge in [0, 0.05) is 28.9 Å². The molecule has 4 aliphatic carbocycles. The summed E-state index contributed by atoms with van der Waals surface area (Å²) >= 11 is 3.90. The van der Waals surface area contributed by atoms with Gasteiger partial charge in [0.1, 0.15) is 7.16 Å². The first-order valence-corrected chi connectivity index (χ1v) is 14.3. The lowest BCUT2D eigenvalue weighted by Crippen LogP contribution is -2.68. The first-order chi connectivity index (χ1) is 18.3. The van der Waals surface area contributed by atoms with Crippen LogP contribution in [0.15, 0.2) is 92.1 Å². The minimum Gasteiger partial charge on any atom is -0.441 e. The Morgan fingerprint density at radius 3 is 1.76 bits per heavy atom. The zero-order chi connectivity index (χ0) is 26.4. The Labute approximate surface area is 245 Å². The Hall–Kier alpha value is -2.86. The van der Waals surface area contributed by atoms with Gasteiger partial charge in [0.25, 0.3) is 0 Å².